The molecule has 2 N–H and O–H groups in total. The normalized spacial score (nSPS) is 11.7. The van der Waals surface area contributed by atoms with E-state index in [1.165, 1.54) is 6.07 Å². The van der Waals surface area contributed by atoms with Crippen LogP contribution in [0.5, 0.6) is 0 Å². The summed E-state index contributed by atoms with van der Waals surface area (Å²) in [5.41, 5.74) is 2.46. The monoisotopic (exact) mass is 417 g/mol. The maximum Gasteiger partial charge on any atom is 0.191 e. The second-order valence-corrected chi connectivity index (χ2v) is 6.72. The number of imidazole rings is 1. The molecular formula is C19H21BrFN5. The number of hydrogen-bond acceptors (Lipinski definition) is 2. The summed E-state index contributed by atoms with van der Waals surface area (Å²) >= 11 is 3.45. The SMILES string of the molecule is CCNC(=NCc1cn2cc(Br)ccc2n1)NCCc1ccccc1F. The van der Waals surface area contributed by atoms with E-state index in [0.29, 0.717) is 31.0 Å². The molecule has 0 radical (unpaired) electrons. The van der Waals surface area contributed by atoms with Crippen molar-refractivity contribution in [1.82, 2.24) is 20.0 Å². The number of nitrogens with zero attached hydrogens (tertiary/aromatic N) is 3. The number of nitrogens with one attached hydrogen (secondary N) is 2. The van der Waals surface area contributed by atoms with Crippen molar-refractivity contribution in [2.45, 2.75) is 19.9 Å². The van der Waals surface area contributed by atoms with Crippen LogP contribution >= 0.6 is 15.9 Å². The van der Waals surface area contributed by atoms with Crippen molar-refractivity contribution in [2.24, 2.45) is 4.99 Å². The highest BCUT2D eigenvalue weighted by atomic mass is 79.9. The van der Waals surface area contributed by atoms with Crippen molar-refractivity contribution < 1.29 is 4.39 Å². The van der Waals surface area contributed by atoms with Gasteiger partial charge in [-0.1, -0.05) is 18.2 Å². The number of pyridine rings is 1. The van der Waals surface area contributed by atoms with Crippen molar-refractivity contribution >= 4 is 27.5 Å². The third-order valence-electron chi connectivity index (χ3n) is 3.85. The van der Waals surface area contributed by atoms with Gasteiger partial charge in [-0.2, -0.15) is 0 Å². The Kier molecular flexibility index (Phi) is 6.22. The number of hydrogen-bond donors (Lipinski definition) is 2. The summed E-state index contributed by atoms with van der Waals surface area (Å²) < 4.78 is 16.6. The van der Waals surface area contributed by atoms with Crippen LogP contribution in [0.2, 0.25) is 0 Å². The predicted octanol–water partition coefficient (Wildman–Crippen LogP) is 3.53. The Balaban J connectivity index is 1.61. The molecule has 5 nitrogen and oxygen atoms in total. The van der Waals surface area contributed by atoms with Crippen molar-refractivity contribution in [2.75, 3.05) is 13.1 Å². The van der Waals surface area contributed by atoms with Crippen LogP contribution in [-0.4, -0.2) is 28.4 Å². The molecule has 0 saturated carbocycles. The molecule has 0 fully saturated rings. The molecule has 7 heteroatoms. The van der Waals surface area contributed by atoms with Gasteiger partial charge < -0.3 is 15.0 Å². The molecule has 26 heavy (non-hydrogen) atoms. The first-order valence-corrected chi connectivity index (χ1v) is 9.33. The molecule has 0 amide bonds. The van der Waals surface area contributed by atoms with Gasteiger partial charge in [0.2, 0.25) is 0 Å². The van der Waals surface area contributed by atoms with Gasteiger partial charge in [0.15, 0.2) is 5.96 Å². The summed E-state index contributed by atoms with van der Waals surface area (Å²) in [7, 11) is 0. The van der Waals surface area contributed by atoms with Gasteiger partial charge in [-0.05, 0) is 53.0 Å². The number of guanidine groups is 1. The van der Waals surface area contributed by atoms with E-state index >= 15 is 0 Å². The van der Waals surface area contributed by atoms with Gasteiger partial charge in [0, 0.05) is 30.0 Å². The quantitative estimate of drug-likeness (QED) is 0.476. The van der Waals surface area contributed by atoms with Gasteiger partial charge in [-0.25, -0.2) is 14.4 Å². The molecule has 0 atom stereocenters. The molecule has 0 aliphatic rings. The fourth-order valence-electron chi connectivity index (χ4n) is 2.61. The first-order valence-electron chi connectivity index (χ1n) is 8.54. The minimum Gasteiger partial charge on any atom is -0.357 e. The minimum atomic E-state index is -0.174. The van der Waals surface area contributed by atoms with Crippen LogP contribution in [0.1, 0.15) is 18.2 Å². The number of aromatic nitrogens is 2. The standard InChI is InChI=1S/C19H21BrFN5/c1-2-22-19(23-10-9-14-5-3-4-6-17(14)21)24-11-16-13-26-12-15(20)7-8-18(26)25-16/h3-8,12-13H,2,9-11H2,1H3,(H2,22,23,24). The average molecular weight is 418 g/mol. The first kappa shape index (κ1) is 18.4. The van der Waals surface area contributed by atoms with Crippen LogP contribution in [0.25, 0.3) is 5.65 Å². The topological polar surface area (TPSA) is 53.7 Å². The van der Waals surface area contributed by atoms with Crippen LogP contribution < -0.4 is 10.6 Å². The van der Waals surface area contributed by atoms with E-state index in [1.807, 2.05) is 41.9 Å². The molecule has 0 aliphatic carbocycles. The van der Waals surface area contributed by atoms with Crippen molar-refractivity contribution in [3.05, 3.63) is 70.3 Å². The largest absolute Gasteiger partial charge is 0.357 e. The third-order valence-corrected chi connectivity index (χ3v) is 4.32. The second-order valence-electron chi connectivity index (χ2n) is 5.81. The van der Waals surface area contributed by atoms with E-state index < -0.39 is 0 Å². The molecule has 0 spiro atoms. The Hall–Kier alpha value is -2.41. The molecule has 0 saturated heterocycles. The number of rotatable bonds is 6. The van der Waals surface area contributed by atoms with Gasteiger partial charge in [0.25, 0.3) is 0 Å². The second kappa shape index (κ2) is 8.80. The van der Waals surface area contributed by atoms with Crippen molar-refractivity contribution in [1.29, 1.82) is 0 Å². The zero-order valence-electron chi connectivity index (χ0n) is 14.5. The van der Waals surface area contributed by atoms with E-state index in [9.17, 15) is 4.39 Å². The van der Waals surface area contributed by atoms with Crippen LogP contribution in [-0.2, 0) is 13.0 Å². The lowest BCUT2D eigenvalue weighted by Crippen LogP contribution is -2.38. The molecular weight excluding hydrogens is 397 g/mol. The molecule has 3 aromatic rings. The molecule has 136 valence electrons. The number of halogens is 2. The van der Waals surface area contributed by atoms with Crippen LogP contribution in [0.15, 0.2) is 58.3 Å². The summed E-state index contributed by atoms with van der Waals surface area (Å²) in [6.45, 7) is 3.83. The van der Waals surface area contributed by atoms with E-state index in [0.717, 1.165) is 22.4 Å². The van der Waals surface area contributed by atoms with E-state index in [2.05, 4.69) is 36.5 Å². The van der Waals surface area contributed by atoms with Crippen molar-refractivity contribution in [3.63, 3.8) is 0 Å². The van der Waals surface area contributed by atoms with Crippen LogP contribution in [0.3, 0.4) is 0 Å². The Morgan fingerprint density at radius 1 is 1.19 bits per heavy atom. The summed E-state index contributed by atoms with van der Waals surface area (Å²) in [6, 6.07) is 10.7. The fraction of sp³-hybridized carbons (Fsp3) is 0.263. The molecule has 3 rings (SSSR count). The Labute approximate surface area is 160 Å². The van der Waals surface area contributed by atoms with Crippen LogP contribution in [0, 0.1) is 5.82 Å². The highest BCUT2D eigenvalue weighted by Gasteiger charge is 2.04. The summed E-state index contributed by atoms with van der Waals surface area (Å²) in [4.78, 5) is 9.12. The Morgan fingerprint density at radius 3 is 2.85 bits per heavy atom. The lowest BCUT2D eigenvalue weighted by Gasteiger charge is -2.11. The molecule has 0 bridgehead atoms. The molecule has 2 heterocycles. The molecule has 0 aliphatic heterocycles. The summed E-state index contributed by atoms with van der Waals surface area (Å²) in [6.07, 6.45) is 4.53. The lowest BCUT2D eigenvalue weighted by molar-refractivity contribution is 0.606. The lowest BCUT2D eigenvalue weighted by atomic mass is 10.1. The van der Waals surface area contributed by atoms with Gasteiger partial charge in [0.05, 0.1) is 12.2 Å². The van der Waals surface area contributed by atoms with Crippen LogP contribution in [0.4, 0.5) is 4.39 Å². The summed E-state index contributed by atoms with van der Waals surface area (Å²) in [5, 5.41) is 6.44. The number of fused-ring (bicyclic) bond motifs is 1. The van der Waals surface area contributed by atoms with Gasteiger partial charge in [-0.3, -0.25) is 0 Å². The molecule has 1 aromatic carbocycles. The smallest absolute Gasteiger partial charge is 0.191 e. The third kappa shape index (κ3) is 4.82. The Morgan fingerprint density at radius 2 is 2.04 bits per heavy atom. The van der Waals surface area contributed by atoms with E-state index in [-0.39, 0.29) is 5.82 Å². The molecule has 2 aromatic heterocycles. The predicted molar refractivity (Wildman–Crippen MR) is 106 cm³/mol. The van der Waals surface area contributed by atoms with E-state index in [1.54, 1.807) is 12.1 Å². The number of aliphatic imine (C=N–C) groups is 1. The maximum atomic E-state index is 13.7. The summed E-state index contributed by atoms with van der Waals surface area (Å²) in [5.74, 6) is 0.522. The highest BCUT2D eigenvalue weighted by molar-refractivity contribution is 9.10. The van der Waals surface area contributed by atoms with Gasteiger partial charge >= 0.3 is 0 Å². The average Bonchev–Trinajstić information content (AvgIpc) is 3.03. The van der Waals surface area contributed by atoms with Crippen molar-refractivity contribution in [3.8, 4) is 0 Å². The Bertz CT molecular complexity index is 906. The van der Waals surface area contributed by atoms with Gasteiger partial charge in [0.1, 0.15) is 11.5 Å². The number of benzene rings is 1. The zero-order valence-corrected chi connectivity index (χ0v) is 16.1. The first-order chi connectivity index (χ1) is 12.7. The molecule has 0 unspecified atom stereocenters. The highest BCUT2D eigenvalue weighted by Crippen LogP contribution is 2.13. The van der Waals surface area contributed by atoms with Gasteiger partial charge in [-0.15, -0.1) is 0 Å². The van der Waals surface area contributed by atoms with E-state index in [4.69, 9.17) is 0 Å². The minimum absolute atomic E-state index is 0.174. The maximum absolute atomic E-state index is 13.7. The fourth-order valence-corrected chi connectivity index (χ4v) is 2.96. The zero-order chi connectivity index (χ0) is 18.4.